The van der Waals surface area contributed by atoms with E-state index in [9.17, 15) is 9.90 Å². The van der Waals surface area contributed by atoms with Gasteiger partial charge in [-0.05, 0) is 52.3 Å². The molecule has 0 saturated carbocycles. The number of nitrogens with zero attached hydrogens (tertiary/aromatic N) is 3. The molecule has 0 aliphatic carbocycles. The molecule has 0 fully saturated rings. The Hall–Kier alpha value is -3.10. The van der Waals surface area contributed by atoms with Crippen LogP contribution in [0, 0.1) is 0 Å². The zero-order valence-corrected chi connectivity index (χ0v) is 18.6. The summed E-state index contributed by atoms with van der Waals surface area (Å²) in [6.07, 6.45) is 3.06. The van der Waals surface area contributed by atoms with Gasteiger partial charge in [0.15, 0.2) is 0 Å². The molecule has 0 unspecified atom stereocenters. The number of hydrazone groups is 1. The number of hydrogen-bond acceptors (Lipinski definition) is 5. The fourth-order valence-corrected chi connectivity index (χ4v) is 4.17. The van der Waals surface area contributed by atoms with E-state index in [2.05, 4.69) is 52.4 Å². The van der Waals surface area contributed by atoms with Crippen LogP contribution in [0.25, 0.3) is 22.3 Å². The molecule has 6 nitrogen and oxygen atoms in total. The number of halogens is 2. The SMILES string of the molecule is O=C(N/N=C\c1cc(Br)cc(Br)c1O)c1cc(-c2ccccn2)nc2ccccc12. The van der Waals surface area contributed by atoms with Crippen LogP contribution in [0.1, 0.15) is 15.9 Å². The molecule has 148 valence electrons. The summed E-state index contributed by atoms with van der Waals surface area (Å²) in [6, 6.07) is 18.0. The number of rotatable bonds is 4. The Morgan fingerprint density at radius 2 is 1.83 bits per heavy atom. The molecular formula is C22H14Br2N4O2. The van der Waals surface area contributed by atoms with Crippen molar-refractivity contribution in [3.63, 3.8) is 0 Å². The first kappa shape index (κ1) is 20.2. The smallest absolute Gasteiger partial charge is 0.272 e. The van der Waals surface area contributed by atoms with Crippen LogP contribution in [0.5, 0.6) is 5.75 Å². The molecule has 0 radical (unpaired) electrons. The number of aromatic hydroxyl groups is 1. The van der Waals surface area contributed by atoms with Gasteiger partial charge in [0.1, 0.15) is 5.75 Å². The summed E-state index contributed by atoms with van der Waals surface area (Å²) in [5.41, 5.74) is 5.35. The van der Waals surface area contributed by atoms with Crippen molar-refractivity contribution < 1.29 is 9.90 Å². The van der Waals surface area contributed by atoms with Gasteiger partial charge < -0.3 is 5.11 Å². The number of phenolic OH excluding ortho intramolecular Hbond substituents is 1. The summed E-state index contributed by atoms with van der Waals surface area (Å²) in [6.45, 7) is 0. The van der Waals surface area contributed by atoms with Crippen molar-refractivity contribution in [2.75, 3.05) is 0 Å². The third-order valence-electron chi connectivity index (χ3n) is 4.32. The van der Waals surface area contributed by atoms with Crippen LogP contribution in [0.4, 0.5) is 0 Å². The molecule has 2 heterocycles. The highest BCUT2D eigenvalue weighted by Gasteiger charge is 2.14. The van der Waals surface area contributed by atoms with E-state index < -0.39 is 5.91 Å². The molecule has 30 heavy (non-hydrogen) atoms. The highest BCUT2D eigenvalue weighted by molar-refractivity contribution is 9.11. The van der Waals surface area contributed by atoms with E-state index >= 15 is 0 Å². The highest BCUT2D eigenvalue weighted by atomic mass is 79.9. The van der Waals surface area contributed by atoms with Gasteiger partial charge in [-0.3, -0.25) is 9.78 Å². The number of hydrogen-bond donors (Lipinski definition) is 2. The van der Waals surface area contributed by atoms with Crippen LogP contribution in [0.3, 0.4) is 0 Å². The molecule has 0 saturated heterocycles. The van der Waals surface area contributed by atoms with Gasteiger partial charge in [-0.2, -0.15) is 5.10 Å². The fraction of sp³-hybridized carbons (Fsp3) is 0. The molecule has 0 bridgehead atoms. The average Bonchev–Trinajstić information content (AvgIpc) is 2.76. The van der Waals surface area contributed by atoms with Gasteiger partial charge >= 0.3 is 0 Å². The zero-order valence-electron chi connectivity index (χ0n) is 15.4. The Morgan fingerprint density at radius 1 is 1.03 bits per heavy atom. The lowest BCUT2D eigenvalue weighted by molar-refractivity contribution is 0.0956. The van der Waals surface area contributed by atoms with Crippen molar-refractivity contribution >= 4 is 54.9 Å². The Labute approximate surface area is 189 Å². The Bertz CT molecular complexity index is 1280. The monoisotopic (exact) mass is 524 g/mol. The molecule has 8 heteroatoms. The summed E-state index contributed by atoms with van der Waals surface area (Å²) < 4.78 is 1.28. The number of amides is 1. The molecule has 4 rings (SSSR count). The van der Waals surface area contributed by atoms with Crippen molar-refractivity contribution in [1.29, 1.82) is 0 Å². The number of para-hydroxylation sites is 1. The van der Waals surface area contributed by atoms with Gasteiger partial charge in [0.25, 0.3) is 5.91 Å². The number of nitrogens with one attached hydrogen (secondary N) is 1. The van der Waals surface area contributed by atoms with Crippen LogP contribution in [-0.2, 0) is 0 Å². The molecule has 0 aliphatic heterocycles. The summed E-state index contributed by atoms with van der Waals surface area (Å²) in [7, 11) is 0. The summed E-state index contributed by atoms with van der Waals surface area (Å²) in [5, 5.41) is 14.8. The molecule has 0 atom stereocenters. The molecule has 1 amide bonds. The summed E-state index contributed by atoms with van der Waals surface area (Å²) in [4.78, 5) is 21.8. The molecule has 0 aliphatic rings. The Kier molecular flexibility index (Phi) is 5.87. The molecule has 2 aromatic heterocycles. The molecule has 0 spiro atoms. The van der Waals surface area contributed by atoms with E-state index in [1.807, 2.05) is 42.5 Å². The largest absolute Gasteiger partial charge is 0.506 e. The third-order valence-corrected chi connectivity index (χ3v) is 5.38. The number of aromatic nitrogens is 2. The van der Waals surface area contributed by atoms with E-state index in [-0.39, 0.29) is 5.75 Å². The number of benzene rings is 2. The lowest BCUT2D eigenvalue weighted by atomic mass is 10.1. The van der Waals surface area contributed by atoms with E-state index in [4.69, 9.17) is 0 Å². The second-order valence-corrected chi connectivity index (χ2v) is 8.08. The van der Waals surface area contributed by atoms with Crippen molar-refractivity contribution in [1.82, 2.24) is 15.4 Å². The van der Waals surface area contributed by atoms with E-state index in [1.165, 1.54) is 6.21 Å². The third kappa shape index (κ3) is 4.24. The van der Waals surface area contributed by atoms with Gasteiger partial charge in [-0.15, -0.1) is 0 Å². The van der Waals surface area contributed by atoms with Crippen LogP contribution >= 0.6 is 31.9 Å². The van der Waals surface area contributed by atoms with Crippen molar-refractivity contribution in [3.05, 3.63) is 86.9 Å². The Balaban J connectivity index is 1.68. The van der Waals surface area contributed by atoms with Gasteiger partial charge in [0, 0.05) is 21.6 Å². The minimum atomic E-state index is -0.393. The maximum atomic E-state index is 12.9. The van der Waals surface area contributed by atoms with Crippen LogP contribution in [0.2, 0.25) is 0 Å². The van der Waals surface area contributed by atoms with Crippen LogP contribution < -0.4 is 5.43 Å². The van der Waals surface area contributed by atoms with E-state index in [0.29, 0.717) is 37.9 Å². The fourth-order valence-electron chi connectivity index (χ4n) is 2.91. The topological polar surface area (TPSA) is 87.5 Å². The normalized spacial score (nSPS) is 11.1. The van der Waals surface area contributed by atoms with E-state index in [1.54, 1.807) is 24.4 Å². The quantitative estimate of drug-likeness (QED) is 0.280. The summed E-state index contributed by atoms with van der Waals surface area (Å²) >= 11 is 6.63. The first-order valence-electron chi connectivity index (χ1n) is 8.85. The second-order valence-electron chi connectivity index (χ2n) is 6.31. The lowest BCUT2D eigenvalue weighted by Crippen LogP contribution is -2.18. The number of pyridine rings is 2. The zero-order chi connectivity index (χ0) is 21.1. The molecule has 4 aromatic rings. The number of carbonyl (C=O) groups is 1. The molecule has 2 N–H and O–H groups in total. The highest BCUT2D eigenvalue weighted by Crippen LogP contribution is 2.30. The lowest BCUT2D eigenvalue weighted by Gasteiger charge is -2.08. The van der Waals surface area contributed by atoms with Crippen molar-refractivity contribution in [2.24, 2.45) is 5.10 Å². The number of carbonyl (C=O) groups excluding carboxylic acids is 1. The van der Waals surface area contributed by atoms with Gasteiger partial charge in [0.05, 0.1) is 33.2 Å². The van der Waals surface area contributed by atoms with Gasteiger partial charge in [0.2, 0.25) is 0 Å². The molecule has 2 aromatic carbocycles. The first-order valence-corrected chi connectivity index (χ1v) is 10.4. The summed E-state index contributed by atoms with van der Waals surface area (Å²) in [5.74, 6) is -0.362. The number of fused-ring (bicyclic) bond motifs is 1. The molecular weight excluding hydrogens is 512 g/mol. The van der Waals surface area contributed by atoms with Gasteiger partial charge in [-0.1, -0.05) is 40.2 Å². The van der Waals surface area contributed by atoms with Crippen molar-refractivity contribution in [2.45, 2.75) is 0 Å². The standard InChI is InChI=1S/C22H14Br2N4O2/c23-14-9-13(21(29)17(24)10-14)12-26-28-22(30)16-11-20(19-7-3-4-8-25-19)27-18-6-2-1-5-15(16)18/h1-12,29H,(H,28,30)/b26-12-. The second kappa shape index (κ2) is 8.73. The minimum absolute atomic E-state index is 0.0306. The van der Waals surface area contributed by atoms with Crippen LogP contribution in [0.15, 0.2) is 80.9 Å². The maximum absolute atomic E-state index is 12.9. The minimum Gasteiger partial charge on any atom is -0.506 e. The van der Waals surface area contributed by atoms with Crippen molar-refractivity contribution in [3.8, 4) is 17.1 Å². The average molecular weight is 526 g/mol. The van der Waals surface area contributed by atoms with Crippen LogP contribution in [-0.4, -0.2) is 27.2 Å². The van der Waals surface area contributed by atoms with E-state index in [0.717, 1.165) is 4.47 Å². The Morgan fingerprint density at radius 3 is 2.63 bits per heavy atom. The first-order chi connectivity index (χ1) is 14.5. The predicted molar refractivity (Wildman–Crippen MR) is 124 cm³/mol. The predicted octanol–water partition coefficient (Wildman–Crippen LogP) is 5.29. The van der Waals surface area contributed by atoms with Gasteiger partial charge in [-0.25, -0.2) is 10.4 Å². The maximum Gasteiger partial charge on any atom is 0.272 e. The number of phenols is 1.